The van der Waals surface area contributed by atoms with E-state index in [1.807, 2.05) is 32.0 Å². The van der Waals surface area contributed by atoms with Crippen LogP contribution >= 0.6 is 0 Å². The van der Waals surface area contributed by atoms with Gasteiger partial charge in [-0.05, 0) is 26.0 Å². The van der Waals surface area contributed by atoms with E-state index in [1.165, 1.54) is 13.4 Å². The average molecular weight is 242 g/mol. The normalized spacial score (nSPS) is 10.2. The summed E-state index contributed by atoms with van der Waals surface area (Å²) in [6.45, 7) is 3.93. The second kappa shape index (κ2) is 4.96. The first-order chi connectivity index (χ1) is 8.60. The van der Waals surface area contributed by atoms with Gasteiger partial charge in [-0.2, -0.15) is 0 Å². The lowest BCUT2D eigenvalue weighted by atomic mass is 10.0. The number of carbonyl (C=O) groups excluding carboxylic acids is 1. The monoisotopic (exact) mass is 242 g/mol. The van der Waals surface area contributed by atoms with E-state index in [1.54, 1.807) is 6.07 Å². The quantitative estimate of drug-likeness (QED) is 0.775. The molecule has 0 aliphatic carbocycles. The Kier molecular flexibility index (Phi) is 3.37. The Morgan fingerprint density at radius 3 is 2.33 bits per heavy atom. The zero-order valence-electron chi connectivity index (χ0n) is 10.6. The van der Waals surface area contributed by atoms with Gasteiger partial charge in [0.2, 0.25) is 11.7 Å². The van der Waals surface area contributed by atoms with Gasteiger partial charge in [-0.15, -0.1) is 0 Å². The van der Waals surface area contributed by atoms with Crippen LogP contribution in [0, 0.1) is 13.8 Å². The van der Waals surface area contributed by atoms with Gasteiger partial charge < -0.3 is 4.74 Å². The molecule has 92 valence electrons. The molecule has 0 aliphatic heterocycles. The van der Waals surface area contributed by atoms with Crippen LogP contribution in [0.1, 0.15) is 27.2 Å². The summed E-state index contributed by atoms with van der Waals surface area (Å²) in [6.07, 6.45) is 1.33. The summed E-state index contributed by atoms with van der Waals surface area (Å²) in [7, 11) is 1.51. The van der Waals surface area contributed by atoms with Crippen LogP contribution in [0.25, 0.3) is 0 Å². The highest BCUT2D eigenvalue weighted by molar-refractivity contribution is 6.08. The number of hydrogen-bond acceptors (Lipinski definition) is 4. The smallest absolute Gasteiger partial charge is 0.216 e. The molecule has 1 aromatic carbocycles. The number of nitrogens with zero attached hydrogens (tertiary/aromatic N) is 2. The number of ether oxygens (including phenoxy) is 1. The molecule has 18 heavy (non-hydrogen) atoms. The molecule has 0 amide bonds. The molecule has 0 N–H and O–H groups in total. The van der Waals surface area contributed by atoms with Crippen molar-refractivity contribution < 1.29 is 9.53 Å². The van der Waals surface area contributed by atoms with Crippen molar-refractivity contribution in [1.29, 1.82) is 0 Å². The highest BCUT2D eigenvalue weighted by Gasteiger charge is 2.12. The van der Waals surface area contributed by atoms with Crippen LogP contribution in [0.15, 0.2) is 30.6 Å². The van der Waals surface area contributed by atoms with Crippen LogP contribution in [0.2, 0.25) is 0 Å². The van der Waals surface area contributed by atoms with Gasteiger partial charge in [0.15, 0.2) is 0 Å². The summed E-state index contributed by atoms with van der Waals surface area (Å²) in [4.78, 5) is 20.1. The third kappa shape index (κ3) is 2.53. The molecule has 0 spiro atoms. The van der Waals surface area contributed by atoms with Gasteiger partial charge in [-0.25, -0.2) is 9.97 Å². The molecule has 1 aromatic heterocycles. The first-order valence-electron chi connectivity index (χ1n) is 5.59. The van der Waals surface area contributed by atoms with E-state index in [2.05, 4.69) is 9.97 Å². The van der Waals surface area contributed by atoms with Gasteiger partial charge >= 0.3 is 0 Å². The lowest BCUT2D eigenvalue weighted by Crippen LogP contribution is -2.06. The van der Waals surface area contributed by atoms with Crippen LogP contribution in [0.4, 0.5) is 0 Å². The van der Waals surface area contributed by atoms with E-state index in [4.69, 9.17) is 4.74 Å². The van der Waals surface area contributed by atoms with Gasteiger partial charge in [0.25, 0.3) is 0 Å². The Morgan fingerprint density at radius 2 is 1.72 bits per heavy atom. The number of rotatable bonds is 3. The van der Waals surface area contributed by atoms with Crippen molar-refractivity contribution in [2.24, 2.45) is 0 Å². The summed E-state index contributed by atoms with van der Waals surface area (Å²) in [5.41, 5.74) is 3.08. The number of hydrogen-bond donors (Lipinski definition) is 0. The molecule has 0 aliphatic rings. The Labute approximate surface area is 106 Å². The first kappa shape index (κ1) is 12.2. The second-order valence-electron chi connectivity index (χ2n) is 4.15. The van der Waals surface area contributed by atoms with Gasteiger partial charge in [0.05, 0.1) is 7.11 Å². The van der Waals surface area contributed by atoms with Crippen molar-refractivity contribution in [2.75, 3.05) is 7.11 Å². The van der Waals surface area contributed by atoms with Crippen LogP contribution < -0.4 is 4.74 Å². The molecule has 1 heterocycles. The zero-order valence-corrected chi connectivity index (χ0v) is 10.6. The first-order valence-corrected chi connectivity index (χ1v) is 5.59. The van der Waals surface area contributed by atoms with Crippen molar-refractivity contribution in [3.63, 3.8) is 0 Å². The van der Waals surface area contributed by atoms with Crippen LogP contribution in [-0.4, -0.2) is 22.9 Å². The standard InChI is InChI=1S/C14H14N2O2/c1-9-4-10(2)6-11(5-9)14(17)12-7-13(18-3)16-8-15-12/h4-8H,1-3H3. The molecule has 4 nitrogen and oxygen atoms in total. The Hall–Kier alpha value is -2.23. The number of ketones is 1. The summed E-state index contributed by atoms with van der Waals surface area (Å²) in [6, 6.07) is 7.27. The largest absolute Gasteiger partial charge is 0.481 e. The van der Waals surface area contributed by atoms with Crippen molar-refractivity contribution in [1.82, 2.24) is 9.97 Å². The van der Waals surface area contributed by atoms with E-state index in [0.29, 0.717) is 17.1 Å². The van der Waals surface area contributed by atoms with Crippen molar-refractivity contribution in [3.8, 4) is 5.88 Å². The molecule has 0 saturated heterocycles. The minimum Gasteiger partial charge on any atom is -0.481 e. The SMILES string of the molecule is COc1cc(C(=O)c2cc(C)cc(C)c2)ncn1. The molecular formula is C14H14N2O2. The number of methoxy groups -OCH3 is 1. The van der Waals surface area contributed by atoms with E-state index in [9.17, 15) is 4.79 Å². The van der Waals surface area contributed by atoms with Gasteiger partial charge in [-0.3, -0.25) is 4.79 Å². The molecular weight excluding hydrogens is 228 g/mol. The number of carbonyl (C=O) groups is 1. The summed E-state index contributed by atoms with van der Waals surface area (Å²) >= 11 is 0. The fourth-order valence-corrected chi connectivity index (χ4v) is 1.83. The minimum atomic E-state index is -0.123. The van der Waals surface area contributed by atoms with Gasteiger partial charge in [0, 0.05) is 11.6 Å². The predicted octanol–water partition coefficient (Wildman–Crippen LogP) is 2.33. The predicted molar refractivity (Wildman–Crippen MR) is 67.9 cm³/mol. The Balaban J connectivity index is 2.41. The van der Waals surface area contributed by atoms with Crippen molar-refractivity contribution in [3.05, 3.63) is 53.0 Å². The molecule has 0 fully saturated rings. The molecule has 4 heteroatoms. The van der Waals surface area contributed by atoms with E-state index in [-0.39, 0.29) is 5.78 Å². The lowest BCUT2D eigenvalue weighted by Gasteiger charge is -2.04. The van der Waals surface area contributed by atoms with E-state index >= 15 is 0 Å². The van der Waals surface area contributed by atoms with Crippen LogP contribution in [0.5, 0.6) is 5.88 Å². The number of benzene rings is 1. The highest BCUT2D eigenvalue weighted by atomic mass is 16.5. The fourth-order valence-electron chi connectivity index (χ4n) is 1.83. The van der Waals surface area contributed by atoms with Crippen molar-refractivity contribution >= 4 is 5.78 Å². The van der Waals surface area contributed by atoms with E-state index < -0.39 is 0 Å². The topological polar surface area (TPSA) is 52.1 Å². The third-order valence-electron chi connectivity index (χ3n) is 2.57. The lowest BCUT2D eigenvalue weighted by molar-refractivity contribution is 0.103. The third-order valence-corrected chi connectivity index (χ3v) is 2.57. The maximum Gasteiger partial charge on any atom is 0.216 e. The molecule has 0 bridgehead atoms. The molecule has 0 saturated carbocycles. The summed E-state index contributed by atoms with van der Waals surface area (Å²) in [5.74, 6) is 0.264. The molecule has 0 unspecified atom stereocenters. The Morgan fingerprint density at radius 1 is 1.06 bits per heavy atom. The maximum absolute atomic E-state index is 12.3. The van der Waals surface area contributed by atoms with E-state index in [0.717, 1.165) is 11.1 Å². The molecule has 0 atom stereocenters. The number of aryl methyl sites for hydroxylation is 2. The summed E-state index contributed by atoms with van der Waals surface area (Å²) in [5, 5.41) is 0. The Bertz CT molecular complexity index is 574. The zero-order chi connectivity index (χ0) is 13.1. The maximum atomic E-state index is 12.3. The van der Waals surface area contributed by atoms with Crippen LogP contribution in [-0.2, 0) is 0 Å². The van der Waals surface area contributed by atoms with Gasteiger partial charge in [-0.1, -0.05) is 17.2 Å². The molecule has 2 aromatic rings. The van der Waals surface area contributed by atoms with Crippen LogP contribution in [0.3, 0.4) is 0 Å². The molecule has 2 rings (SSSR count). The van der Waals surface area contributed by atoms with Crippen molar-refractivity contribution in [2.45, 2.75) is 13.8 Å². The average Bonchev–Trinajstić information content (AvgIpc) is 2.37. The number of aromatic nitrogens is 2. The minimum absolute atomic E-state index is 0.123. The summed E-state index contributed by atoms with van der Waals surface area (Å²) < 4.78 is 4.98. The van der Waals surface area contributed by atoms with Gasteiger partial charge in [0.1, 0.15) is 12.0 Å². The highest BCUT2D eigenvalue weighted by Crippen LogP contribution is 2.14. The molecule has 0 radical (unpaired) electrons. The fraction of sp³-hybridized carbons (Fsp3) is 0.214. The second-order valence-corrected chi connectivity index (χ2v) is 4.15.